The predicted octanol–water partition coefficient (Wildman–Crippen LogP) is 2.99. The average molecular weight is 251 g/mol. The normalized spacial score (nSPS) is 11.2. The van der Waals surface area contributed by atoms with Crippen molar-refractivity contribution < 1.29 is 0 Å². The van der Waals surface area contributed by atoms with E-state index in [9.17, 15) is 0 Å². The monoisotopic (exact) mass is 251 g/mol. The molecule has 2 aromatic carbocycles. The lowest BCUT2D eigenvalue weighted by molar-refractivity contribution is 1.16. The minimum absolute atomic E-state index is 0.256. The molecule has 2 N–H and O–H groups in total. The number of benzene rings is 2. The lowest BCUT2D eigenvalue weighted by atomic mass is 10.1. The number of nitrogens with zero attached hydrogens (tertiary/aromatic N) is 1. The molecule has 0 aliphatic rings. The van der Waals surface area contributed by atoms with Crippen LogP contribution in [0.25, 0.3) is 0 Å². The highest BCUT2D eigenvalue weighted by molar-refractivity contribution is 6.10. The van der Waals surface area contributed by atoms with Gasteiger partial charge in [0.15, 0.2) is 5.84 Å². The van der Waals surface area contributed by atoms with Crippen LogP contribution in [-0.2, 0) is 0 Å². The maximum atomic E-state index is 8.04. The van der Waals surface area contributed by atoms with Gasteiger partial charge >= 0.3 is 0 Å². The quantitative estimate of drug-likeness (QED) is 0.625. The van der Waals surface area contributed by atoms with Crippen molar-refractivity contribution >= 4 is 11.7 Å². The Balaban J connectivity index is 2.32. The molecule has 19 heavy (non-hydrogen) atoms. The summed E-state index contributed by atoms with van der Waals surface area (Å²) in [5.74, 6) is 0.962. The van der Waals surface area contributed by atoms with Crippen LogP contribution in [0.3, 0.4) is 0 Å². The molecule has 2 aromatic rings. The first-order chi connectivity index (χ1) is 9.20. The summed E-state index contributed by atoms with van der Waals surface area (Å²) in [7, 11) is 1.82. The van der Waals surface area contributed by atoms with E-state index in [1.54, 1.807) is 0 Å². The molecule has 3 heteroatoms. The second-order valence-corrected chi connectivity index (χ2v) is 4.29. The molecular weight excluding hydrogens is 234 g/mol. The van der Waals surface area contributed by atoms with Crippen LogP contribution in [0, 0.1) is 12.3 Å². The van der Waals surface area contributed by atoms with Crippen LogP contribution in [0.1, 0.15) is 16.7 Å². The number of rotatable bonds is 2. The third-order valence-electron chi connectivity index (χ3n) is 2.80. The van der Waals surface area contributed by atoms with Crippen LogP contribution < -0.4 is 5.32 Å². The lowest BCUT2D eigenvalue weighted by Crippen LogP contribution is -2.21. The first-order valence-corrected chi connectivity index (χ1v) is 6.18. The van der Waals surface area contributed by atoms with E-state index in [1.807, 2.05) is 68.6 Å². The predicted molar refractivity (Wildman–Crippen MR) is 80.0 cm³/mol. The van der Waals surface area contributed by atoms with Crippen molar-refractivity contribution in [2.75, 3.05) is 7.05 Å². The second-order valence-electron chi connectivity index (χ2n) is 4.29. The summed E-state index contributed by atoms with van der Waals surface area (Å²) in [6.07, 6.45) is 0. The Morgan fingerprint density at radius 3 is 2.32 bits per heavy atom. The standard InChI is InChI=1S/C16H17N3/c1-12-7-6-10-14(11-12)16(18-2)19-15(17)13-8-4-3-5-9-13/h3-11H,1-2H3,(H2,17,18,19). The molecule has 0 saturated heterocycles. The highest BCUT2D eigenvalue weighted by Crippen LogP contribution is 2.06. The SMILES string of the molecule is CN/C(=N\C(=N)c1ccccc1)c1cccc(C)c1. The van der Waals surface area contributed by atoms with Crippen LogP contribution in [0.5, 0.6) is 0 Å². The van der Waals surface area contributed by atoms with Gasteiger partial charge in [-0.15, -0.1) is 0 Å². The van der Waals surface area contributed by atoms with Crippen molar-refractivity contribution in [2.45, 2.75) is 6.92 Å². The zero-order chi connectivity index (χ0) is 13.7. The largest absolute Gasteiger partial charge is 0.373 e. The summed E-state index contributed by atoms with van der Waals surface area (Å²) in [6.45, 7) is 2.04. The zero-order valence-electron chi connectivity index (χ0n) is 11.1. The van der Waals surface area contributed by atoms with E-state index in [0.717, 1.165) is 11.1 Å². The van der Waals surface area contributed by atoms with Gasteiger partial charge in [0.2, 0.25) is 0 Å². The molecule has 0 heterocycles. The van der Waals surface area contributed by atoms with Gasteiger partial charge in [0.1, 0.15) is 5.84 Å². The molecule has 0 aromatic heterocycles. The summed E-state index contributed by atoms with van der Waals surface area (Å²) in [4.78, 5) is 4.37. The second kappa shape index (κ2) is 5.96. The van der Waals surface area contributed by atoms with Gasteiger partial charge in [0.05, 0.1) is 0 Å². The maximum Gasteiger partial charge on any atom is 0.154 e. The Morgan fingerprint density at radius 1 is 1.00 bits per heavy atom. The number of aryl methyl sites for hydroxylation is 1. The fourth-order valence-electron chi connectivity index (χ4n) is 1.83. The van der Waals surface area contributed by atoms with Crippen molar-refractivity contribution in [1.29, 1.82) is 5.41 Å². The molecule has 0 saturated carbocycles. The van der Waals surface area contributed by atoms with Crippen LogP contribution in [0.4, 0.5) is 0 Å². The Labute approximate surface area is 113 Å². The number of hydrogen-bond donors (Lipinski definition) is 2. The molecule has 0 aliphatic carbocycles. The Morgan fingerprint density at radius 2 is 1.68 bits per heavy atom. The van der Waals surface area contributed by atoms with E-state index in [1.165, 1.54) is 5.56 Å². The molecule has 0 fully saturated rings. The number of aliphatic imine (C=N–C) groups is 1. The van der Waals surface area contributed by atoms with Crippen LogP contribution >= 0.6 is 0 Å². The fraction of sp³-hybridized carbons (Fsp3) is 0.125. The van der Waals surface area contributed by atoms with Crippen LogP contribution in [-0.4, -0.2) is 18.7 Å². The minimum atomic E-state index is 0.256. The van der Waals surface area contributed by atoms with E-state index < -0.39 is 0 Å². The zero-order valence-corrected chi connectivity index (χ0v) is 11.1. The van der Waals surface area contributed by atoms with E-state index in [4.69, 9.17) is 5.41 Å². The first-order valence-electron chi connectivity index (χ1n) is 6.18. The van der Waals surface area contributed by atoms with Gasteiger partial charge in [-0.05, 0) is 13.0 Å². The Kier molecular flexibility index (Phi) is 4.08. The molecule has 0 unspecified atom stereocenters. The summed E-state index contributed by atoms with van der Waals surface area (Å²) in [5.41, 5.74) is 2.97. The van der Waals surface area contributed by atoms with E-state index >= 15 is 0 Å². The molecule has 2 rings (SSSR count). The molecule has 3 nitrogen and oxygen atoms in total. The molecular formula is C16H17N3. The van der Waals surface area contributed by atoms with Crippen molar-refractivity contribution in [1.82, 2.24) is 5.32 Å². The van der Waals surface area contributed by atoms with E-state index in [2.05, 4.69) is 10.3 Å². The van der Waals surface area contributed by atoms with Gasteiger partial charge in [0.25, 0.3) is 0 Å². The van der Waals surface area contributed by atoms with Crippen molar-refractivity contribution in [3.05, 3.63) is 71.3 Å². The lowest BCUT2D eigenvalue weighted by Gasteiger charge is -2.07. The third-order valence-corrected chi connectivity index (χ3v) is 2.80. The molecule has 0 atom stereocenters. The molecule has 0 aliphatic heterocycles. The molecule has 0 amide bonds. The smallest absolute Gasteiger partial charge is 0.154 e. The number of amidine groups is 2. The molecule has 0 spiro atoms. The summed E-state index contributed by atoms with van der Waals surface area (Å²) >= 11 is 0. The topological polar surface area (TPSA) is 48.2 Å². The third kappa shape index (κ3) is 3.28. The number of nitrogens with one attached hydrogen (secondary N) is 2. The summed E-state index contributed by atoms with van der Waals surface area (Å²) in [5, 5.41) is 11.1. The van der Waals surface area contributed by atoms with Gasteiger partial charge in [-0.3, -0.25) is 5.41 Å². The number of hydrogen-bond acceptors (Lipinski definition) is 1. The first kappa shape index (κ1) is 13.0. The van der Waals surface area contributed by atoms with Crippen molar-refractivity contribution in [3.8, 4) is 0 Å². The van der Waals surface area contributed by atoms with Gasteiger partial charge < -0.3 is 5.32 Å². The van der Waals surface area contributed by atoms with Gasteiger partial charge in [-0.2, -0.15) is 0 Å². The van der Waals surface area contributed by atoms with Crippen LogP contribution in [0.15, 0.2) is 59.6 Å². The minimum Gasteiger partial charge on any atom is -0.373 e. The molecule has 0 bridgehead atoms. The van der Waals surface area contributed by atoms with Gasteiger partial charge in [-0.25, -0.2) is 4.99 Å². The maximum absolute atomic E-state index is 8.04. The van der Waals surface area contributed by atoms with Gasteiger partial charge in [-0.1, -0.05) is 54.1 Å². The van der Waals surface area contributed by atoms with Crippen LogP contribution in [0.2, 0.25) is 0 Å². The van der Waals surface area contributed by atoms with Crippen molar-refractivity contribution in [2.24, 2.45) is 4.99 Å². The van der Waals surface area contributed by atoms with Gasteiger partial charge in [0, 0.05) is 18.2 Å². The van der Waals surface area contributed by atoms with Crippen molar-refractivity contribution in [3.63, 3.8) is 0 Å². The average Bonchev–Trinajstić information content (AvgIpc) is 2.45. The molecule has 96 valence electrons. The highest BCUT2D eigenvalue weighted by atomic mass is 15.0. The highest BCUT2D eigenvalue weighted by Gasteiger charge is 2.04. The van der Waals surface area contributed by atoms with E-state index in [-0.39, 0.29) is 5.84 Å². The van der Waals surface area contributed by atoms with E-state index in [0.29, 0.717) is 5.84 Å². The molecule has 0 radical (unpaired) electrons. The fourth-order valence-corrected chi connectivity index (χ4v) is 1.83. The summed E-state index contributed by atoms with van der Waals surface area (Å²) < 4.78 is 0. The Hall–Kier alpha value is -2.42. The Bertz CT molecular complexity index is 600. The summed E-state index contributed by atoms with van der Waals surface area (Å²) in [6, 6.07) is 17.6.